The maximum absolute atomic E-state index is 11.6. The first-order valence-corrected chi connectivity index (χ1v) is 6.68. The van der Waals surface area contributed by atoms with Crippen LogP contribution in [0.3, 0.4) is 0 Å². The second-order valence-electron chi connectivity index (χ2n) is 3.11. The standard InChI is InChI=1S/C8H12ClN2O4P/c1-3-15-16(13,14)5-7(12)6-4-10-11(2)8(6)9/h4H,3,5H2,1-2H3,(H,13,14). The zero-order valence-electron chi connectivity index (χ0n) is 8.88. The molecule has 0 radical (unpaired) electrons. The number of carbonyl (C=O) groups is 1. The number of rotatable bonds is 5. The van der Waals surface area contributed by atoms with Gasteiger partial charge in [-0.1, -0.05) is 11.6 Å². The summed E-state index contributed by atoms with van der Waals surface area (Å²) >= 11 is 5.78. The molecule has 1 heterocycles. The third kappa shape index (κ3) is 3.15. The van der Waals surface area contributed by atoms with Gasteiger partial charge in [-0.05, 0) is 6.92 Å². The van der Waals surface area contributed by atoms with Crippen LogP contribution >= 0.6 is 19.2 Å². The molecule has 0 aromatic carbocycles. The van der Waals surface area contributed by atoms with Crippen molar-refractivity contribution in [3.8, 4) is 0 Å². The van der Waals surface area contributed by atoms with E-state index >= 15 is 0 Å². The highest BCUT2D eigenvalue weighted by molar-refractivity contribution is 7.53. The zero-order valence-corrected chi connectivity index (χ0v) is 10.5. The average Bonchev–Trinajstić information content (AvgIpc) is 2.46. The monoisotopic (exact) mass is 266 g/mol. The molecule has 0 saturated carbocycles. The lowest BCUT2D eigenvalue weighted by Gasteiger charge is -2.08. The number of nitrogens with zero attached hydrogens (tertiary/aromatic N) is 2. The van der Waals surface area contributed by atoms with Crippen molar-refractivity contribution in [2.75, 3.05) is 12.8 Å². The Bertz CT molecular complexity index is 445. The van der Waals surface area contributed by atoms with Gasteiger partial charge in [0.25, 0.3) is 0 Å². The summed E-state index contributed by atoms with van der Waals surface area (Å²) in [5, 5.41) is 3.91. The second-order valence-corrected chi connectivity index (χ2v) is 5.32. The van der Waals surface area contributed by atoms with Crippen LogP contribution in [0.1, 0.15) is 17.3 Å². The van der Waals surface area contributed by atoms with E-state index in [9.17, 15) is 14.3 Å². The Hall–Kier alpha value is -0.680. The minimum Gasteiger partial charge on any atom is -0.324 e. The van der Waals surface area contributed by atoms with Crippen molar-refractivity contribution in [1.82, 2.24) is 9.78 Å². The highest BCUT2D eigenvalue weighted by Gasteiger charge is 2.26. The fraction of sp³-hybridized carbons (Fsp3) is 0.500. The number of aromatic nitrogens is 2. The van der Waals surface area contributed by atoms with Crippen LogP contribution in [0.2, 0.25) is 5.15 Å². The van der Waals surface area contributed by atoms with Crippen molar-refractivity contribution in [2.24, 2.45) is 7.05 Å². The van der Waals surface area contributed by atoms with Crippen molar-refractivity contribution in [1.29, 1.82) is 0 Å². The molecule has 16 heavy (non-hydrogen) atoms. The van der Waals surface area contributed by atoms with Crippen LogP contribution in [-0.4, -0.2) is 33.2 Å². The number of hydrogen-bond acceptors (Lipinski definition) is 4. The van der Waals surface area contributed by atoms with Gasteiger partial charge in [0.1, 0.15) is 11.3 Å². The number of Topliss-reactive ketones (excluding diaryl/α,β-unsaturated/α-hetero) is 1. The predicted octanol–water partition coefficient (Wildman–Crippen LogP) is 1.48. The lowest BCUT2D eigenvalue weighted by atomic mass is 10.3. The Morgan fingerprint density at radius 1 is 1.75 bits per heavy atom. The maximum Gasteiger partial charge on any atom is 0.335 e. The van der Waals surface area contributed by atoms with Crippen molar-refractivity contribution in [2.45, 2.75) is 6.92 Å². The zero-order chi connectivity index (χ0) is 12.3. The van der Waals surface area contributed by atoms with Gasteiger partial charge in [0.05, 0.1) is 18.4 Å². The lowest BCUT2D eigenvalue weighted by Crippen LogP contribution is -2.08. The molecule has 6 nitrogen and oxygen atoms in total. The molecule has 0 fully saturated rings. The normalized spacial score (nSPS) is 14.8. The first-order chi connectivity index (χ1) is 7.37. The van der Waals surface area contributed by atoms with Crippen molar-refractivity contribution >= 4 is 25.0 Å². The van der Waals surface area contributed by atoms with Crippen LogP contribution in [0.25, 0.3) is 0 Å². The number of halogens is 1. The van der Waals surface area contributed by atoms with Gasteiger partial charge in [0.2, 0.25) is 0 Å². The second kappa shape index (κ2) is 5.10. The summed E-state index contributed by atoms with van der Waals surface area (Å²) in [6, 6.07) is 0. The molecule has 0 spiro atoms. The van der Waals surface area contributed by atoms with Gasteiger partial charge in [0, 0.05) is 7.05 Å². The third-order valence-electron chi connectivity index (χ3n) is 1.84. The summed E-state index contributed by atoms with van der Waals surface area (Å²) in [4.78, 5) is 20.9. The Labute approximate surface area is 97.7 Å². The number of hydrogen-bond donors (Lipinski definition) is 1. The molecule has 0 bridgehead atoms. The smallest absolute Gasteiger partial charge is 0.324 e. The Kier molecular flexibility index (Phi) is 4.27. The molecule has 1 unspecified atom stereocenters. The largest absolute Gasteiger partial charge is 0.335 e. The SMILES string of the molecule is CCOP(=O)(O)CC(=O)c1cnn(C)c1Cl. The van der Waals surface area contributed by atoms with Crippen molar-refractivity contribution < 1.29 is 18.8 Å². The minimum absolute atomic E-state index is 0.0713. The fourth-order valence-electron chi connectivity index (χ4n) is 1.12. The number of aryl methyl sites for hydroxylation is 1. The van der Waals surface area contributed by atoms with Gasteiger partial charge in [-0.3, -0.25) is 14.0 Å². The van der Waals surface area contributed by atoms with E-state index in [0.717, 1.165) is 0 Å². The van der Waals surface area contributed by atoms with E-state index in [1.54, 1.807) is 14.0 Å². The van der Waals surface area contributed by atoms with Crippen molar-refractivity contribution in [3.63, 3.8) is 0 Å². The topological polar surface area (TPSA) is 81.4 Å². The molecule has 1 rings (SSSR count). The van der Waals surface area contributed by atoms with Gasteiger partial charge in [-0.15, -0.1) is 0 Å². The summed E-state index contributed by atoms with van der Waals surface area (Å²) in [6.07, 6.45) is 0.670. The molecule has 0 aliphatic heterocycles. The third-order valence-corrected chi connectivity index (χ3v) is 3.64. The maximum atomic E-state index is 11.6. The fourth-order valence-corrected chi connectivity index (χ4v) is 2.35. The highest BCUT2D eigenvalue weighted by atomic mass is 35.5. The van der Waals surface area contributed by atoms with E-state index in [1.807, 2.05) is 0 Å². The summed E-state index contributed by atoms with van der Waals surface area (Å²) in [7, 11) is -2.30. The molecule has 90 valence electrons. The van der Waals surface area contributed by atoms with Gasteiger partial charge in [-0.2, -0.15) is 5.10 Å². The molecule has 0 saturated heterocycles. The Morgan fingerprint density at radius 3 is 2.81 bits per heavy atom. The molecule has 0 amide bonds. The van der Waals surface area contributed by atoms with Gasteiger partial charge >= 0.3 is 7.60 Å². The summed E-state index contributed by atoms with van der Waals surface area (Å²) in [6.45, 7) is 1.65. The van der Waals surface area contributed by atoms with E-state index in [1.165, 1.54) is 10.9 Å². The minimum atomic E-state index is -3.87. The molecule has 0 aliphatic carbocycles. The van der Waals surface area contributed by atoms with Gasteiger partial charge in [-0.25, -0.2) is 0 Å². The lowest BCUT2D eigenvalue weighted by molar-refractivity contribution is 0.101. The van der Waals surface area contributed by atoms with Crippen LogP contribution in [0, 0.1) is 0 Å². The molecular formula is C8H12ClN2O4P. The molecular weight excluding hydrogens is 255 g/mol. The first kappa shape index (κ1) is 13.4. The molecule has 1 N–H and O–H groups in total. The first-order valence-electron chi connectivity index (χ1n) is 4.54. The van der Waals surface area contributed by atoms with E-state index in [4.69, 9.17) is 11.6 Å². The molecule has 1 aromatic heterocycles. The Balaban J connectivity index is 2.81. The van der Waals surface area contributed by atoms with Gasteiger partial charge in [0.15, 0.2) is 5.78 Å². The predicted molar refractivity (Wildman–Crippen MR) is 58.9 cm³/mol. The molecule has 1 atom stereocenters. The van der Waals surface area contributed by atoms with Crippen LogP contribution in [-0.2, 0) is 16.1 Å². The van der Waals surface area contributed by atoms with E-state index in [-0.39, 0.29) is 17.3 Å². The van der Waals surface area contributed by atoms with Crippen molar-refractivity contribution in [3.05, 3.63) is 16.9 Å². The summed E-state index contributed by atoms with van der Waals surface area (Å²) in [5.74, 6) is -0.558. The van der Waals surface area contributed by atoms with Crippen LogP contribution < -0.4 is 0 Å². The molecule has 0 aliphatic rings. The Morgan fingerprint density at radius 2 is 2.38 bits per heavy atom. The molecule has 8 heteroatoms. The van der Waals surface area contributed by atoms with Crippen LogP contribution in [0.4, 0.5) is 0 Å². The van der Waals surface area contributed by atoms with Gasteiger partial charge < -0.3 is 9.42 Å². The van der Waals surface area contributed by atoms with E-state index < -0.39 is 19.5 Å². The number of ketones is 1. The van der Waals surface area contributed by atoms with E-state index in [2.05, 4.69) is 9.62 Å². The molecule has 1 aromatic rings. The quantitative estimate of drug-likeness (QED) is 0.645. The van der Waals surface area contributed by atoms with Crippen LogP contribution in [0.5, 0.6) is 0 Å². The van der Waals surface area contributed by atoms with Crippen LogP contribution in [0.15, 0.2) is 6.20 Å². The average molecular weight is 267 g/mol. The summed E-state index contributed by atoms with van der Waals surface area (Å²) < 4.78 is 17.2. The van der Waals surface area contributed by atoms with E-state index in [0.29, 0.717) is 0 Å². The highest BCUT2D eigenvalue weighted by Crippen LogP contribution is 2.42. The number of carbonyl (C=O) groups excluding carboxylic acids is 1. The summed E-state index contributed by atoms with van der Waals surface area (Å²) in [5.41, 5.74) is 0.123.